The van der Waals surface area contributed by atoms with Crippen molar-refractivity contribution in [3.8, 4) is 5.75 Å². The lowest BCUT2D eigenvalue weighted by Gasteiger charge is -2.67. The molecule has 0 spiro atoms. The highest BCUT2D eigenvalue weighted by atomic mass is 32.2. The molecule has 1 aromatic rings. The monoisotopic (exact) mass is 498 g/mol. The van der Waals surface area contributed by atoms with Gasteiger partial charge in [0.05, 0.1) is 0 Å². The van der Waals surface area contributed by atoms with Crippen LogP contribution in [0, 0.1) is 28.6 Å². The Morgan fingerprint density at radius 2 is 1.62 bits per heavy atom. The molecule has 4 aliphatic carbocycles. The van der Waals surface area contributed by atoms with Crippen LogP contribution in [0.5, 0.6) is 5.75 Å². The highest BCUT2D eigenvalue weighted by Crippen LogP contribution is 2.71. The molecule has 0 aliphatic heterocycles. The first kappa shape index (κ1) is 24.1. The Balaban J connectivity index is 1.58. The molecular weight excluding hydrogens is 465 g/mol. The fraction of sp³-hybridized carbons (Fsp3) is 0.731. The highest BCUT2D eigenvalue weighted by Gasteiger charge is 2.67. The maximum Gasteiger partial charge on any atom is 0.534 e. The van der Waals surface area contributed by atoms with Crippen molar-refractivity contribution < 1.29 is 30.6 Å². The van der Waals surface area contributed by atoms with Gasteiger partial charge in [-0.05, 0) is 85.8 Å². The molecular formula is C26H33F3O4S. The second-order valence-electron chi connectivity index (χ2n) is 11.5. The van der Waals surface area contributed by atoms with Crippen LogP contribution in [0.4, 0.5) is 13.2 Å². The van der Waals surface area contributed by atoms with E-state index in [2.05, 4.69) is 18.0 Å². The van der Waals surface area contributed by atoms with Crippen LogP contribution in [0.3, 0.4) is 0 Å². The molecule has 0 N–H and O–H groups in total. The number of halogens is 3. The lowest BCUT2D eigenvalue weighted by Crippen LogP contribution is -2.62. The first-order valence-corrected chi connectivity index (χ1v) is 13.9. The third-order valence-corrected chi connectivity index (χ3v) is 11.4. The van der Waals surface area contributed by atoms with Crippen LogP contribution in [0.15, 0.2) is 24.3 Å². The number of carbonyl (C=O) groups excluding carboxylic acids is 1. The summed E-state index contributed by atoms with van der Waals surface area (Å²) < 4.78 is 65.7. The number of alkyl halides is 3. The molecule has 4 aliphatic rings. The Hall–Kier alpha value is -1.57. The van der Waals surface area contributed by atoms with E-state index in [-0.39, 0.29) is 22.0 Å². The van der Waals surface area contributed by atoms with E-state index < -0.39 is 15.6 Å². The third-order valence-electron chi connectivity index (χ3n) is 10.4. The van der Waals surface area contributed by atoms with Crippen LogP contribution in [0.2, 0.25) is 0 Å². The molecule has 1 unspecified atom stereocenters. The van der Waals surface area contributed by atoms with E-state index in [0.717, 1.165) is 50.5 Å². The predicted molar refractivity (Wildman–Crippen MR) is 122 cm³/mol. The van der Waals surface area contributed by atoms with Crippen molar-refractivity contribution in [3.63, 3.8) is 0 Å². The first-order valence-electron chi connectivity index (χ1n) is 12.5. The van der Waals surface area contributed by atoms with Gasteiger partial charge in [-0.25, -0.2) is 0 Å². The average Bonchev–Trinajstić information content (AvgIpc) is 3.07. The zero-order chi connectivity index (χ0) is 24.6. The second-order valence-corrected chi connectivity index (χ2v) is 13.0. The molecule has 0 amide bonds. The number of carbonyl (C=O) groups is 1. The summed E-state index contributed by atoms with van der Waals surface area (Å²) in [4.78, 5) is 12.9. The Morgan fingerprint density at radius 3 is 2.29 bits per heavy atom. The Kier molecular flexibility index (Phi) is 5.48. The number of rotatable bonds is 3. The summed E-state index contributed by atoms with van der Waals surface area (Å²) in [6.07, 6.45) is 10.2. The van der Waals surface area contributed by atoms with Gasteiger partial charge in [0.1, 0.15) is 11.5 Å². The Morgan fingerprint density at radius 1 is 0.912 bits per heavy atom. The lowest BCUT2D eigenvalue weighted by atomic mass is 9.37. The van der Waals surface area contributed by atoms with Gasteiger partial charge in [0.2, 0.25) is 0 Å². The zero-order valence-electron chi connectivity index (χ0n) is 19.8. The van der Waals surface area contributed by atoms with Crippen LogP contribution in [-0.2, 0) is 20.3 Å². The van der Waals surface area contributed by atoms with Crippen molar-refractivity contribution in [2.75, 3.05) is 0 Å². The van der Waals surface area contributed by atoms with Gasteiger partial charge in [-0.3, -0.25) is 4.79 Å². The number of hydrogen-bond donors (Lipinski definition) is 0. The molecule has 4 nitrogen and oxygen atoms in total. The number of benzene rings is 1. The van der Waals surface area contributed by atoms with Gasteiger partial charge >= 0.3 is 15.6 Å². The van der Waals surface area contributed by atoms with Crippen LogP contribution in [-0.4, -0.2) is 19.7 Å². The fourth-order valence-electron chi connectivity index (χ4n) is 8.72. The third kappa shape index (κ3) is 3.22. The standard InChI is InChI=1S/C26H33F3O4S/c1-23-15-16-25(18-6-9-19(10-7-18)33-34(31,32)26(27,28)29)21(20(23)12-13-22(23)30)11-8-17-5-3-4-14-24(17,25)2/h6-7,9-10,17,20-21H,3-5,8,11-16H2,1-2H3/t17?,20-,21-,23-,24-,25-/m0/s1. The average molecular weight is 499 g/mol. The van der Waals surface area contributed by atoms with Gasteiger partial charge < -0.3 is 4.18 Å². The van der Waals surface area contributed by atoms with E-state index in [1.54, 1.807) is 12.1 Å². The number of fused-ring (bicyclic) bond motifs is 5. The summed E-state index contributed by atoms with van der Waals surface area (Å²) >= 11 is 0. The van der Waals surface area contributed by atoms with Crippen molar-refractivity contribution >= 4 is 15.9 Å². The molecule has 0 aromatic heterocycles. The molecule has 4 fully saturated rings. The SMILES string of the molecule is C[C@]12CCCCC1CC[C@H]1[C@@H]3CCC(=O)[C@@]3(C)CC[C@]12c1ccc(OS(=O)(=O)C(F)(F)F)cc1. The summed E-state index contributed by atoms with van der Waals surface area (Å²) in [5.74, 6) is 1.29. The minimum absolute atomic E-state index is 0.0432. The van der Waals surface area contributed by atoms with Crippen LogP contribution < -0.4 is 4.18 Å². The summed E-state index contributed by atoms with van der Waals surface area (Å²) in [5.41, 5.74) is -4.82. The summed E-state index contributed by atoms with van der Waals surface area (Å²) in [5, 5.41) is 0. The molecule has 0 radical (unpaired) electrons. The van der Waals surface area contributed by atoms with E-state index in [0.29, 0.717) is 30.0 Å². The second kappa shape index (κ2) is 7.71. The van der Waals surface area contributed by atoms with Crippen molar-refractivity contribution in [1.82, 2.24) is 0 Å². The van der Waals surface area contributed by atoms with Crippen molar-refractivity contribution in [1.29, 1.82) is 0 Å². The van der Waals surface area contributed by atoms with Crippen LogP contribution in [0.25, 0.3) is 0 Å². The molecule has 0 bridgehead atoms. The maximum atomic E-state index is 12.9. The minimum Gasteiger partial charge on any atom is -0.376 e. The van der Waals surface area contributed by atoms with E-state index in [1.165, 1.54) is 25.0 Å². The molecule has 6 atom stereocenters. The van der Waals surface area contributed by atoms with E-state index in [4.69, 9.17) is 0 Å². The predicted octanol–water partition coefficient (Wildman–Crippen LogP) is 6.54. The van der Waals surface area contributed by atoms with Gasteiger partial charge in [0.15, 0.2) is 0 Å². The van der Waals surface area contributed by atoms with Gasteiger partial charge in [-0.2, -0.15) is 21.6 Å². The van der Waals surface area contributed by atoms with Crippen molar-refractivity contribution in [2.24, 2.45) is 28.6 Å². The Bertz CT molecular complexity index is 1080. The smallest absolute Gasteiger partial charge is 0.376 e. The van der Waals surface area contributed by atoms with E-state index >= 15 is 0 Å². The first-order chi connectivity index (χ1) is 15.9. The quantitative estimate of drug-likeness (QED) is 0.351. The van der Waals surface area contributed by atoms with Gasteiger partial charge in [0.25, 0.3) is 0 Å². The summed E-state index contributed by atoms with van der Waals surface area (Å²) in [7, 11) is -5.71. The molecule has 188 valence electrons. The normalized spacial score (nSPS) is 40.3. The molecule has 4 saturated carbocycles. The topological polar surface area (TPSA) is 60.4 Å². The molecule has 8 heteroatoms. The maximum absolute atomic E-state index is 12.9. The number of ketones is 1. The molecule has 1 aromatic carbocycles. The van der Waals surface area contributed by atoms with Crippen LogP contribution >= 0.6 is 0 Å². The summed E-state index contributed by atoms with van der Waals surface area (Å²) in [6, 6.07) is 6.31. The van der Waals surface area contributed by atoms with E-state index in [1.807, 2.05) is 0 Å². The minimum atomic E-state index is -5.71. The van der Waals surface area contributed by atoms with Gasteiger partial charge in [-0.1, -0.05) is 38.8 Å². The lowest BCUT2D eigenvalue weighted by molar-refractivity contribution is -0.147. The van der Waals surface area contributed by atoms with E-state index in [9.17, 15) is 26.4 Å². The zero-order valence-corrected chi connectivity index (χ0v) is 20.6. The number of hydrogen-bond acceptors (Lipinski definition) is 4. The molecule has 5 rings (SSSR count). The fourth-order valence-corrected chi connectivity index (χ4v) is 9.18. The van der Waals surface area contributed by atoms with Crippen LogP contribution in [0.1, 0.15) is 83.6 Å². The largest absolute Gasteiger partial charge is 0.534 e. The van der Waals surface area contributed by atoms with Gasteiger partial charge in [-0.15, -0.1) is 0 Å². The molecule has 0 heterocycles. The number of Topliss-reactive ketones (excluding diaryl/α,β-unsaturated/α-hetero) is 1. The molecule has 34 heavy (non-hydrogen) atoms. The van der Waals surface area contributed by atoms with Crippen molar-refractivity contribution in [2.45, 2.75) is 89.0 Å². The highest BCUT2D eigenvalue weighted by molar-refractivity contribution is 7.88. The molecule has 0 saturated heterocycles. The van der Waals surface area contributed by atoms with Crippen molar-refractivity contribution in [3.05, 3.63) is 29.8 Å². The summed E-state index contributed by atoms with van der Waals surface area (Å²) in [6.45, 7) is 4.55. The van der Waals surface area contributed by atoms with Gasteiger partial charge in [0, 0.05) is 17.3 Å². The Labute approximate surface area is 199 Å².